The summed E-state index contributed by atoms with van der Waals surface area (Å²) in [4.78, 5) is 27.2. The first-order chi connectivity index (χ1) is 15.3. The molecule has 0 aliphatic carbocycles. The van der Waals surface area contributed by atoms with Gasteiger partial charge in [-0.15, -0.1) is 0 Å². The number of benzene rings is 2. The summed E-state index contributed by atoms with van der Waals surface area (Å²) < 4.78 is 41.5. The van der Waals surface area contributed by atoms with Crippen molar-refractivity contribution in [3.63, 3.8) is 0 Å². The summed E-state index contributed by atoms with van der Waals surface area (Å²) in [7, 11) is 0. The highest BCUT2D eigenvalue weighted by molar-refractivity contribution is 5.89. The molecule has 2 heterocycles. The molecule has 3 aromatic rings. The zero-order valence-corrected chi connectivity index (χ0v) is 17.4. The largest absolute Gasteiger partial charge is 0.354 e. The van der Waals surface area contributed by atoms with Crippen molar-refractivity contribution in [2.24, 2.45) is 0 Å². The Morgan fingerprint density at radius 3 is 2.50 bits per heavy atom. The van der Waals surface area contributed by atoms with Crippen LogP contribution in [0.3, 0.4) is 0 Å². The molecule has 1 unspecified atom stereocenters. The first-order valence-electron chi connectivity index (χ1n) is 10.3. The highest BCUT2D eigenvalue weighted by Gasteiger charge is 2.25. The van der Waals surface area contributed by atoms with Crippen LogP contribution in [0, 0.1) is 24.4 Å². The van der Waals surface area contributed by atoms with Gasteiger partial charge in [-0.1, -0.05) is 0 Å². The fourth-order valence-corrected chi connectivity index (χ4v) is 3.99. The molecule has 32 heavy (non-hydrogen) atoms. The van der Waals surface area contributed by atoms with E-state index >= 15 is 0 Å². The van der Waals surface area contributed by atoms with Crippen molar-refractivity contribution in [2.45, 2.75) is 32.2 Å². The molecule has 1 aliphatic rings. The quantitative estimate of drug-likeness (QED) is 0.541. The van der Waals surface area contributed by atoms with E-state index in [0.717, 1.165) is 11.6 Å². The van der Waals surface area contributed by atoms with E-state index in [1.54, 1.807) is 25.1 Å². The monoisotopic (exact) mass is 441 g/mol. The van der Waals surface area contributed by atoms with Crippen LogP contribution in [0.4, 0.5) is 13.2 Å². The summed E-state index contributed by atoms with van der Waals surface area (Å²) >= 11 is 0. The lowest BCUT2D eigenvalue weighted by Crippen LogP contribution is -2.40. The van der Waals surface area contributed by atoms with Crippen LogP contribution in [0.1, 0.15) is 24.0 Å². The summed E-state index contributed by atoms with van der Waals surface area (Å²) in [6.07, 6.45) is 0.966. The standard InChI is InChI=1S/C24H22F3N3O2/c1-13-10-17(26)12-18(27)22(13)20-11-15(23(30-20)14-2-5-16(25)6-3-14)4-7-21(31)29-19-8-9-28-24(19)32/h2-3,5-6,10-12,19,30H,4,7-9H2,1H3,(H,28,32)(H,29,31). The van der Waals surface area contributed by atoms with E-state index in [1.165, 1.54) is 18.2 Å². The number of halogens is 3. The van der Waals surface area contributed by atoms with Crippen LogP contribution in [0.2, 0.25) is 0 Å². The van der Waals surface area contributed by atoms with E-state index in [1.807, 2.05) is 0 Å². The lowest BCUT2D eigenvalue weighted by Gasteiger charge is -2.10. The first kappa shape index (κ1) is 21.7. The molecule has 8 heteroatoms. The maximum Gasteiger partial charge on any atom is 0.242 e. The summed E-state index contributed by atoms with van der Waals surface area (Å²) in [5.41, 5.74) is 3.10. The number of rotatable bonds is 6. The topological polar surface area (TPSA) is 74.0 Å². The predicted octanol–water partition coefficient (Wildman–Crippen LogP) is 4.01. The molecule has 0 bridgehead atoms. The lowest BCUT2D eigenvalue weighted by atomic mass is 10.0. The van der Waals surface area contributed by atoms with Gasteiger partial charge in [0.1, 0.15) is 23.5 Å². The minimum Gasteiger partial charge on any atom is -0.354 e. The Morgan fingerprint density at radius 1 is 1.09 bits per heavy atom. The average molecular weight is 441 g/mol. The Bertz CT molecular complexity index is 1150. The van der Waals surface area contributed by atoms with Crippen LogP contribution in [0.15, 0.2) is 42.5 Å². The van der Waals surface area contributed by atoms with Crippen molar-refractivity contribution in [1.82, 2.24) is 15.6 Å². The molecule has 4 rings (SSSR count). The van der Waals surface area contributed by atoms with Gasteiger partial charge in [-0.05, 0) is 72.9 Å². The molecule has 1 saturated heterocycles. The third kappa shape index (κ3) is 4.54. The van der Waals surface area contributed by atoms with Crippen molar-refractivity contribution >= 4 is 11.8 Å². The second kappa shape index (κ2) is 8.90. The van der Waals surface area contributed by atoms with Crippen LogP contribution in [-0.4, -0.2) is 29.4 Å². The first-order valence-corrected chi connectivity index (χ1v) is 10.3. The Balaban J connectivity index is 1.63. The molecule has 0 saturated carbocycles. The average Bonchev–Trinajstić information content (AvgIpc) is 3.33. The van der Waals surface area contributed by atoms with E-state index in [4.69, 9.17) is 0 Å². The van der Waals surface area contributed by atoms with Crippen molar-refractivity contribution in [1.29, 1.82) is 0 Å². The highest BCUT2D eigenvalue weighted by Crippen LogP contribution is 2.33. The lowest BCUT2D eigenvalue weighted by molar-refractivity contribution is -0.127. The maximum absolute atomic E-state index is 14.6. The molecular weight excluding hydrogens is 419 g/mol. The van der Waals surface area contributed by atoms with E-state index in [9.17, 15) is 22.8 Å². The van der Waals surface area contributed by atoms with Gasteiger partial charge in [-0.2, -0.15) is 0 Å². The Kier molecular flexibility index (Phi) is 6.03. The molecule has 1 aliphatic heterocycles. The zero-order chi connectivity index (χ0) is 22.8. The number of hydrogen-bond donors (Lipinski definition) is 3. The van der Waals surface area contributed by atoms with Crippen LogP contribution < -0.4 is 10.6 Å². The minimum absolute atomic E-state index is 0.111. The van der Waals surface area contributed by atoms with Gasteiger partial charge in [0, 0.05) is 36.0 Å². The van der Waals surface area contributed by atoms with Gasteiger partial charge in [-0.3, -0.25) is 9.59 Å². The molecule has 1 aromatic heterocycles. The number of carbonyl (C=O) groups is 2. The normalized spacial score (nSPS) is 15.6. The Morgan fingerprint density at radius 2 is 1.84 bits per heavy atom. The van der Waals surface area contributed by atoms with E-state index < -0.39 is 23.5 Å². The molecule has 0 spiro atoms. The maximum atomic E-state index is 14.6. The number of hydrogen-bond acceptors (Lipinski definition) is 2. The SMILES string of the molecule is Cc1cc(F)cc(F)c1-c1cc(CCC(=O)NC2CCNC2=O)c(-c2ccc(F)cc2)[nH]1. The molecule has 3 N–H and O–H groups in total. The number of H-pyrrole nitrogens is 1. The highest BCUT2D eigenvalue weighted by atomic mass is 19.1. The molecular formula is C24H22F3N3O2. The van der Waals surface area contributed by atoms with Gasteiger partial charge >= 0.3 is 0 Å². The molecule has 0 radical (unpaired) electrons. The van der Waals surface area contributed by atoms with E-state index in [0.29, 0.717) is 41.9 Å². The number of amides is 2. The van der Waals surface area contributed by atoms with Gasteiger partial charge < -0.3 is 15.6 Å². The van der Waals surface area contributed by atoms with E-state index in [2.05, 4.69) is 15.6 Å². The predicted molar refractivity (Wildman–Crippen MR) is 114 cm³/mol. The molecule has 1 fully saturated rings. The third-order valence-electron chi connectivity index (χ3n) is 5.56. The van der Waals surface area contributed by atoms with Crippen LogP contribution in [-0.2, 0) is 16.0 Å². The molecule has 2 aromatic carbocycles. The van der Waals surface area contributed by atoms with Crippen molar-refractivity contribution < 1.29 is 22.8 Å². The van der Waals surface area contributed by atoms with Gasteiger partial charge in [0.05, 0.1) is 0 Å². The summed E-state index contributed by atoms with van der Waals surface area (Å²) in [5.74, 6) is -2.23. The summed E-state index contributed by atoms with van der Waals surface area (Å²) in [6, 6.07) is 9.06. The number of aryl methyl sites for hydroxylation is 2. The number of aromatic nitrogens is 1. The van der Waals surface area contributed by atoms with Crippen LogP contribution in [0.5, 0.6) is 0 Å². The summed E-state index contributed by atoms with van der Waals surface area (Å²) in [5, 5.41) is 5.38. The van der Waals surface area contributed by atoms with Crippen molar-refractivity contribution in [3.05, 3.63) is 71.0 Å². The minimum atomic E-state index is -0.703. The van der Waals surface area contributed by atoms with Crippen LogP contribution >= 0.6 is 0 Å². The Hall–Kier alpha value is -3.55. The number of aromatic amines is 1. The van der Waals surface area contributed by atoms with Gasteiger partial charge in [0.25, 0.3) is 0 Å². The van der Waals surface area contributed by atoms with Gasteiger partial charge in [0.15, 0.2) is 0 Å². The summed E-state index contributed by atoms with van der Waals surface area (Å²) in [6.45, 7) is 2.14. The fraction of sp³-hybridized carbons (Fsp3) is 0.250. The molecule has 5 nitrogen and oxygen atoms in total. The van der Waals surface area contributed by atoms with Gasteiger partial charge in [-0.25, -0.2) is 13.2 Å². The van der Waals surface area contributed by atoms with Crippen molar-refractivity contribution in [3.8, 4) is 22.5 Å². The smallest absolute Gasteiger partial charge is 0.242 e. The number of carbonyl (C=O) groups excluding carboxylic acids is 2. The van der Waals surface area contributed by atoms with E-state index in [-0.39, 0.29) is 23.8 Å². The zero-order valence-electron chi connectivity index (χ0n) is 17.4. The molecule has 166 valence electrons. The number of nitrogens with one attached hydrogen (secondary N) is 3. The second-order valence-electron chi connectivity index (χ2n) is 7.87. The second-order valence-corrected chi connectivity index (χ2v) is 7.87. The Labute approximate surface area is 183 Å². The molecule has 1 atom stereocenters. The van der Waals surface area contributed by atoms with Gasteiger partial charge in [0.2, 0.25) is 11.8 Å². The van der Waals surface area contributed by atoms with Crippen molar-refractivity contribution in [2.75, 3.05) is 6.54 Å². The van der Waals surface area contributed by atoms with Crippen LogP contribution in [0.25, 0.3) is 22.5 Å². The fourth-order valence-electron chi connectivity index (χ4n) is 3.99. The molecule has 2 amide bonds. The third-order valence-corrected chi connectivity index (χ3v) is 5.56.